The quantitative estimate of drug-likeness (QED) is 0.682. The maximum absolute atomic E-state index is 12.5. The van der Waals surface area contributed by atoms with Crippen molar-refractivity contribution < 1.29 is 0 Å². The molecule has 21 heavy (non-hydrogen) atoms. The zero-order valence-electron chi connectivity index (χ0n) is 11.7. The molecule has 0 radical (unpaired) electrons. The summed E-state index contributed by atoms with van der Waals surface area (Å²) in [6.07, 6.45) is 3.64. The first-order valence-electron chi connectivity index (χ1n) is 6.85. The molecule has 1 atom stereocenters. The van der Waals surface area contributed by atoms with Gasteiger partial charge in [0.1, 0.15) is 5.52 Å². The highest BCUT2D eigenvalue weighted by Gasteiger charge is 2.13. The van der Waals surface area contributed by atoms with Crippen molar-refractivity contribution in [3.05, 3.63) is 70.4 Å². The molecule has 1 aromatic carbocycles. The summed E-state index contributed by atoms with van der Waals surface area (Å²) in [5, 5.41) is 5.08. The fraction of sp³-hybridized carbons (Fsp3) is 0.250. The Balaban J connectivity index is 1.97. The Morgan fingerprint density at radius 2 is 2.00 bits per heavy atom. The van der Waals surface area contributed by atoms with E-state index in [0.717, 1.165) is 11.0 Å². The van der Waals surface area contributed by atoms with Crippen molar-refractivity contribution in [2.75, 3.05) is 5.33 Å². The molecule has 4 nitrogen and oxygen atoms in total. The van der Waals surface area contributed by atoms with Crippen molar-refractivity contribution in [1.82, 2.24) is 14.2 Å². The van der Waals surface area contributed by atoms with Gasteiger partial charge in [-0.1, -0.05) is 46.3 Å². The van der Waals surface area contributed by atoms with E-state index in [2.05, 4.69) is 33.2 Å². The third-order valence-corrected chi connectivity index (χ3v) is 4.38. The van der Waals surface area contributed by atoms with Crippen LogP contribution in [0.4, 0.5) is 0 Å². The average Bonchev–Trinajstić information content (AvgIpc) is 2.89. The van der Waals surface area contributed by atoms with Gasteiger partial charge in [-0.3, -0.25) is 4.79 Å². The van der Waals surface area contributed by atoms with Gasteiger partial charge >= 0.3 is 0 Å². The number of fused-ring (bicyclic) bond motifs is 1. The van der Waals surface area contributed by atoms with Crippen molar-refractivity contribution in [3.63, 3.8) is 0 Å². The van der Waals surface area contributed by atoms with Gasteiger partial charge in [0.05, 0.1) is 5.69 Å². The lowest BCUT2D eigenvalue weighted by molar-refractivity contribution is 0.585. The van der Waals surface area contributed by atoms with Crippen LogP contribution in [-0.2, 0) is 6.54 Å². The highest BCUT2D eigenvalue weighted by molar-refractivity contribution is 9.09. The lowest BCUT2D eigenvalue weighted by Gasteiger charge is -2.16. The number of benzene rings is 1. The number of aromatic nitrogens is 3. The van der Waals surface area contributed by atoms with Crippen LogP contribution in [0.3, 0.4) is 0 Å². The van der Waals surface area contributed by atoms with E-state index in [-0.39, 0.29) is 11.5 Å². The number of rotatable bonds is 4. The molecule has 108 valence electrons. The smallest absolute Gasteiger partial charge is 0.276 e. The molecule has 0 amide bonds. The number of aryl methyl sites for hydroxylation is 1. The van der Waals surface area contributed by atoms with Gasteiger partial charge in [0.15, 0.2) is 0 Å². The van der Waals surface area contributed by atoms with E-state index in [1.54, 1.807) is 15.3 Å². The van der Waals surface area contributed by atoms with Gasteiger partial charge < -0.3 is 4.57 Å². The normalized spacial score (nSPS) is 12.7. The van der Waals surface area contributed by atoms with Crippen LogP contribution in [0, 0.1) is 6.92 Å². The lowest BCUT2D eigenvalue weighted by atomic mass is 10.0. The molecule has 3 rings (SSSR count). The van der Waals surface area contributed by atoms with Crippen LogP contribution in [0.2, 0.25) is 0 Å². The predicted octanol–water partition coefficient (Wildman–Crippen LogP) is 2.98. The standard InChI is InChI=1S/C16H16BrN3O/c1-12-9-15-16(21)19(7-8-20(15)18-12)11-14(10-17)13-5-3-2-4-6-13/h2-9,14H,10-11H2,1H3. The molecule has 0 saturated heterocycles. The molecular weight excluding hydrogens is 330 g/mol. The second-order valence-corrected chi connectivity index (χ2v) is 5.78. The van der Waals surface area contributed by atoms with Crippen LogP contribution in [0.1, 0.15) is 17.2 Å². The minimum absolute atomic E-state index is 0.0000175. The molecule has 0 bridgehead atoms. The molecule has 0 N–H and O–H groups in total. The molecule has 3 aromatic rings. The molecule has 0 aliphatic rings. The minimum atomic E-state index is -0.0000175. The number of nitrogens with zero attached hydrogens (tertiary/aromatic N) is 3. The van der Waals surface area contributed by atoms with E-state index >= 15 is 0 Å². The Labute approximate surface area is 131 Å². The van der Waals surface area contributed by atoms with E-state index in [4.69, 9.17) is 0 Å². The third-order valence-electron chi connectivity index (χ3n) is 3.60. The molecule has 1 unspecified atom stereocenters. The number of hydrogen-bond donors (Lipinski definition) is 0. The van der Waals surface area contributed by atoms with Gasteiger partial charge in [-0.15, -0.1) is 0 Å². The molecule has 0 spiro atoms. The topological polar surface area (TPSA) is 39.3 Å². The van der Waals surface area contributed by atoms with Gasteiger partial charge in [-0.05, 0) is 18.6 Å². The summed E-state index contributed by atoms with van der Waals surface area (Å²) in [6, 6.07) is 12.1. The van der Waals surface area contributed by atoms with Crippen molar-refractivity contribution in [1.29, 1.82) is 0 Å². The summed E-state index contributed by atoms with van der Waals surface area (Å²) >= 11 is 3.56. The first-order chi connectivity index (χ1) is 10.2. The van der Waals surface area contributed by atoms with Crippen LogP contribution in [0.5, 0.6) is 0 Å². The summed E-state index contributed by atoms with van der Waals surface area (Å²) in [7, 11) is 0. The molecule has 5 heteroatoms. The largest absolute Gasteiger partial charge is 0.311 e. The first-order valence-corrected chi connectivity index (χ1v) is 7.97. The fourth-order valence-corrected chi connectivity index (χ4v) is 3.08. The van der Waals surface area contributed by atoms with Crippen molar-refractivity contribution in [2.24, 2.45) is 0 Å². The predicted molar refractivity (Wildman–Crippen MR) is 87.2 cm³/mol. The number of alkyl halides is 1. The van der Waals surface area contributed by atoms with Gasteiger partial charge in [0, 0.05) is 30.2 Å². The fourth-order valence-electron chi connectivity index (χ4n) is 2.50. The molecule has 2 aromatic heterocycles. The SMILES string of the molecule is Cc1cc2c(=O)n(CC(CBr)c3ccccc3)ccn2n1. The Kier molecular flexibility index (Phi) is 3.92. The zero-order chi connectivity index (χ0) is 14.8. The van der Waals surface area contributed by atoms with Gasteiger partial charge in [0.2, 0.25) is 0 Å². The van der Waals surface area contributed by atoms with E-state index in [9.17, 15) is 4.79 Å². The Hall–Kier alpha value is -1.88. The van der Waals surface area contributed by atoms with Crippen molar-refractivity contribution in [3.8, 4) is 0 Å². The van der Waals surface area contributed by atoms with E-state index < -0.39 is 0 Å². The van der Waals surface area contributed by atoms with Gasteiger partial charge in [-0.2, -0.15) is 5.10 Å². The second-order valence-electron chi connectivity index (χ2n) is 5.13. The highest BCUT2D eigenvalue weighted by Crippen LogP contribution is 2.19. The highest BCUT2D eigenvalue weighted by atomic mass is 79.9. The average molecular weight is 346 g/mol. The van der Waals surface area contributed by atoms with Crippen molar-refractivity contribution >= 4 is 21.4 Å². The number of halogens is 1. The van der Waals surface area contributed by atoms with Gasteiger partial charge in [-0.25, -0.2) is 4.52 Å². The molecule has 0 saturated carbocycles. The summed E-state index contributed by atoms with van der Waals surface area (Å²) < 4.78 is 3.40. The summed E-state index contributed by atoms with van der Waals surface area (Å²) in [4.78, 5) is 12.5. The van der Waals surface area contributed by atoms with Crippen molar-refractivity contribution in [2.45, 2.75) is 19.4 Å². The maximum atomic E-state index is 12.5. The van der Waals surface area contributed by atoms with Crippen LogP contribution in [0.15, 0.2) is 53.6 Å². The van der Waals surface area contributed by atoms with E-state index in [0.29, 0.717) is 12.1 Å². The summed E-state index contributed by atoms with van der Waals surface area (Å²) in [5.74, 6) is 0.260. The van der Waals surface area contributed by atoms with Crippen LogP contribution in [0.25, 0.3) is 5.52 Å². The first kappa shape index (κ1) is 14.1. The van der Waals surface area contributed by atoms with Crippen LogP contribution < -0.4 is 5.56 Å². The molecule has 0 aliphatic heterocycles. The second kappa shape index (κ2) is 5.85. The zero-order valence-corrected chi connectivity index (χ0v) is 13.3. The Morgan fingerprint density at radius 3 is 2.71 bits per heavy atom. The van der Waals surface area contributed by atoms with E-state index in [1.807, 2.05) is 37.4 Å². The van der Waals surface area contributed by atoms with Gasteiger partial charge in [0.25, 0.3) is 5.56 Å². The lowest BCUT2D eigenvalue weighted by Crippen LogP contribution is -2.24. The summed E-state index contributed by atoms with van der Waals surface area (Å²) in [6.45, 7) is 2.54. The van der Waals surface area contributed by atoms with Crippen LogP contribution in [-0.4, -0.2) is 19.5 Å². The number of hydrogen-bond acceptors (Lipinski definition) is 2. The molecular formula is C16H16BrN3O. The third kappa shape index (κ3) is 2.78. The molecule has 0 aliphatic carbocycles. The summed E-state index contributed by atoms with van der Waals surface area (Å²) in [5.41, 5.74) is 2.70. The molecule has 2 heterocycles. The minimum Gasteiger partial charge on any atom is -0.311 e. The van der Waals surface area contributed by atoms with Crippen LogP contribution >= 0.6 is 15.9 Å². The van der Waals surface area contributed by atoms with E-state index in [1.165, 1.54) is 5.56 Å². The Bertz CT molecular complexity index is 807. The maximum Gasteiger partial charge on any atom is 0.276 e. The Morgan fingerprint density at radius 1 is 1.24 bits per heavy atom. The molecule has 0 fully saturated rings. The monoisotopic (exact) mass is 345 g/mol.